The van der Waals surface area contributed by atoms with Crippen LogP contribution in [0.5, 0.6) is 0 Å². The second-order valence-electron chi connectivity index (χ2n) is 24.9. The maximum Gasteiger partial charge on any atom is 0.305 e. The van der Waals surface area contributed by atoms with Crippen molar-refractivity contribution in [2.75, 3.05) is 13.2 Å². The molecule has 0 aliphatic carbocycles. The SMILES string of the molecule is CCCCCC/C=C\C/C=C\CCCCCCCCCC(=O)OCCCCCCCCCCC/C=C\C/C=C\CCCCCCCCCCCCCCCC(=O)NC(CO)C(O)CCCCCCCCCCCCCCCCCCC. The third kappa shape index (κ3) is 66.8. The van der Waals surface area contributed by atoms with Crippen LogP contribution in [-0.4, -0.2) is 47.4 Å². The molecule has 81 heavy (non-hydrogen) atoms. The Morgan fingerprint density at radius 1 is 0.346 bits per heavy atom. The van der Waals surface area contributed by atoms with E-state index in [2.05, 4.69) is 67.8 Å². The fraction of sp³-hybridized carbons (Fsp3) is 0.867. The van der Waals surface area contributed by atoms with Crippen LogP contribution in [-0.2, 0) is 14.3 Å². The molecule has 3 N–H and O–H groups in total. The number of amides is 1. The van der Waals surface area contributed by atoms with Crippen molar-refractivity contribution < 1.29 is 24.5 Å². The minimum atomic E-state index is -0.666. The molecular formula is C75H141NO5. The molecule has 0 aliphatic rings. The fourth-order valence-corrected chi connectivity index (χ4v) is 11.3. The molecule has 0 aliphatic heterocycles. The number of unbranched alkanes of at least 4 members (excludes halogenated alkanes) is 49. The number of hydrogen-bond donors (Lipinski definition) is 3. The van der Waals surface area contributed by atoms with Gasteiger partial charge < -0.3 is 20.3 Å². The minimum Gasteiger partial charge on any atom is -0.466 e. The highest BCUT2D eigenvalue weighted by atomic mass is 16.5. The van der Waals surface area contributed by atoms with Gasteiger partial charge in [-0.1, -0.05) is 339 Å². The number of hydrogen-bond acceptors (Lipinski definition) is 5. The van der Waals surface area contributed by atoms with Gasteiger partial charge in [0.25, 0.3) is 0 Å². The first-order valence-corrected chi connectivity index (χ1v) is 36.4. The van der Waals surface area contributed by atoms with Gasteiger partial charge in [-0.3, -0.25) is 9.59 Å². The van der Waals surface area contributed by atoms with E-state index in [0.29, 0.717) is 25.9 Å². The number of aliphatic hydroxyl groups excluding tert-OH is 2. The monoisotopic (exact) mass is 1140 g/mol. The van der Waals surface area contributed by atoms with E-state index in [4.69, 9.17) is 4.74 Å². The normalized spacial score (nSPS) is 12.8. The van der Waals surface area contributed by atoms with E-state index in [9.17, 15) is 19.8 Å². The van der Waals surface area contributed by atoms with Crippen molar-refractivity contribution in [2.24, 2.45) is 0 Å². The number of esters is 1. The minimum absolute atomic E-state index is 0.00495. The Kier molecular flexibility index (Phi) is 68.4. The summed E-state index contributed by atoms with van der Waals surface area (Å²) in [5, 5.41) is 23.4. The van der Waals surface area contributed by atoms with Crippen LogP contribution in [0.25, 0.3) is 0 Å². The topological polar surface area (TPSA) is 95.9 Å². The van der Waals surface area contributed by atoms with Gasteiger partial charge >= 0.3 is 5.97 Å². The van der Waals surface area contributed by atoms with E-state index < -0.39 is 12.1 Å². The van der Waals surface area contributed by atoms with Crippen LogP contribution in [0.2, 0.25) is 0 Å². The van der Waals surface area contributed by atoms with Gasteiger partial charge in [-0.05, 0) is 89.9 Å². The summed E-state index contributed by atoms with van der Waals surface area (Å²) < 4.78 is 5.50. The summed E-state index contributed by atoms with van der Waals surface area (Å²) in [4.78, 5) is 24.6. The van der Waals surface area contributed by atoms with Gasteiger partial charge in [0, 0.05) is 12.8 Å². The zero-order chi connectivity index (χ0) is 58.5. The first kappa shape index (κ1) is 78.8. The number of aliphatic hydroxyl groups is 2. The summed E-state index contributed by atoms with van der Waals surface area (Å²) in [5.74, 6) is -0.0283. The van der Waals surface area contributed by atoms with Crippen LogP contribution in [0.15, 0.2) is 48.6 Å². The lowest BCUT2D eigenvalue weighted by molar-refractivity contribution is -0.143. The molecule has 0 heterocycles. The van der Waals surface area contributed by atoms with Gasteiger partial charge in [0.1, 0.15) is 0 Å². The van der Waals surface area contributed by atoms with E-state index in [0.717, 1.165) is 57.8 Å². The zero-order valence-electron chi connectivity index (χ0n) is 54.5. The predicted octanol–water partition coefficient (Wildman–Crippen LogP) is 23.6. The molecule has 1 amide bonds. The molecule has 6 nitrogen and oxygen atoms in total. The van der Waals surface area contributed by atoms with E-state index >= 15 is 0 Å². The number of nitrogens with one attached hydrogen (secondary N) is 1. The average molecular weight is 1140 g/mol. The van der Waals surface area contributed by atoms with Crippen molar-refractivity contribution in [3.05, 3.63) is 48.6 Å². The van der Waals surface area contributed by atoms with E-state index in [1.807, 2.05) is 0 Å². The molecule has 0 bridgehead atoms. The van der Waals surface area contributed by atoms with Crippen LogP contribution in [0.1, 0.15) is 393 Å². The highest BCUT2D eigenvalue weighted by molar-refractivity contribution is 5.76. The Morgan fingerprint density at radius 2 is 0.617 bits per heavy atom. The molecule has 0 saturated heterocycles. The number of carbonyl (C=O) groups is 2. The third-order valence-electron chi connectivity index (χ3n) is 16.9. The molecule has 2 atom stereocenters. The molecule has 6 heteroatoms. The molecule has 0 saturated carbocycles. The maximum absolute atomic E-state index is 12.5. The van der Waals surface area contributed by atoms with Crippen LogP contribution in [0, 0.1) is 0 Å². The Morgan fingerprint density at radius 3 is 0.951 bits per heavy atom. The Bertz CT molecular complexity index is 1360. The van der Waals surface area contributed by atoms with E-state index in [-0.39, 0.29) is 18.5 Å². The summed E-state index contributed by atoms with van der Waals surface area (Å²) in [6, 6.07) is -0.543. The van der Waals surface area contributed by atoms with Gasteiger partial charge in [-0.15, -0.1) is 0 Å². The summed E-state index contributed by atoms with van der Waals surface area (Å²) in [5.41, 5.74) is 0. The smallest absolute Gasteiger partial charge is 0.305 e. The molecule has 0 rings (SSSR count). The predicted molar refractivity (Wildman–Crippen MR) is 356 cm³/mol. The highest BCUT2D eigenvalue weighted by Crippen LogP contribution is 2.18. The Labute approximate surface area is 506 Å². The van der Waals surface area contributed by atoms with Gasteiger partial charge in [-0.2, -0.15) is 0 Å². The standard InChI is InChI=1S/C75H141NO5/c1-3-5-7-9-11-13-15-17-19-21-37-41-45-49-53-57-61-65-69-75(80)81-70-66-62-58-54-50-46-42-38-34-32-30-28-26-24-22-23-25-27-29-31-33-36-40-44-48-52-56-60-64-68-74(79)76-72(71-77)73(78)67-63-59-55-51-47-43-39-35-20-18-16-14-12-10-8-6-4-2/h13,15,19,21-22,24,28,30,72-73,77-78H,3-12,14,16-18,20,23,25-27,29,31-71H2,1-2H3,(H,76,79)/b15-13-,21-19-,24-22-,30-28-. The molecule has 476 valence electrons. The fourth-order valence-electron chi connectivity index (χ4n) is 11.3. The van der Waals surface area contributed by atoms with Crippen LogP contribution in [0.4, 0.5) is 0 Å². The summed E-state index contributed by atoms with van der Waals surface area (Å²) in [7, 11) is 0. The van der Waals surface area contributed by atoms with Gasteiger partial charge in [0.2, 0.25) is 5.91 Å². The molecule has 0 aromatic rings. The van der Waals surface area contributed by atoms with Crippen molar-refractivity contribution in [1.82, 2.24) is 5.32 Å². The Hall–Kier alpha value is -2.18. The maximum atomic E-state index is 12.5. The third-order valence-corrected chi connectivity index (χ3v) is 16.9. The quantitative estimate of drug-likeness (QED) is 0.0320. The first-order chi connectivity index (χ1) is 40.0. The van der Waals surface area contributed by atoms with E-state index in [1.54, 1.807) is 0 Å². The van der Waals surface area contributed by atoms with Crippen molar-refractivity contribution in [3.63, 3.8) is 0 Å². The van der Waals surface area contributed by atoms with Crippen LogP contribution < -0.4 is 5.32 Å². The molecule has 2 unspecified atom stereocenters. The lowest BCUT2D eigenvalue weighted by Crippen LogP contribution is -2.45. The largest absolute Gasteiger partial charge is 0.466 e. The van der Waals surface area contributed by atoms with Gasteiger partial charge in [0.05, 0.1) is 25.4 Å². The number of allylic oxidation sites excluding steroid dienone is 8. The summed E-state index contributed by atoms with van der Waals surface area (Å²) in [6.07, 6.45) is 91.6. The molecule has 0 radical (unpaired) electrons. The van der Waals surface area contributed by atoms with Crippen LogP contribution in [0.3, 0.4) is 0 Å². The summed E-state index contributed by atoms with van der Waals surface area (Å²) >= 11 is 0. The van der Waals surface area contributed by atoms with Gasteiger partial charge in [0.15, 0.2) is 0 Å². The number of rotatable bonds is 68. The number of ether oxygens (including phenoxy) is 1. The first-order valence-electron chi connectivity index (χ1n) is 36.4. The lowest BCUT2D eigenvalue weighted by Gasteiger charge is -2.22. The second-order valence-corrected chi connectivity index (χ2v) is 24.9. The molecule has 0 spiro atoms. The van der Waals surface area contributed by atoms with Crippen molar-refractivity contribution in [2.45, 2.75) is 405 Å². The average Bonchev–Trinajstić information content (AvgIpc) is 3.47. The molecule has 0 aromatic carbocycles. The van der Waals surface area contributed by atoms with Gasteiger partial charge in [-0.25, -0.2) is 0 Å². The second kappa shape index (κ2) is 70.3. The number of carbonyl (C=O) groups excluding carboxylic acids is 2. The Balaban J connectivity index is 3.40. The van der Waals surface area contributed by atoms with Crippen molar-refractivity contribution in [3.8, 4) is 0 Å². The van der Waals surface area contributed by atoms with Crippen molar-refractivity contribution in [1.29, 1.82) is 0 Å². The van der Waals surface area contributed by atoms with E-state index in [1.165, 1.54) is 302 Å². The zero-order valence-corrected chi connectivity index (χ0v) is 54.5. The lowest BCUT2D eigenvalue weighted by atomic mass is 10.0. The molecular weight excluding hydrogens is 995 g/mol. The molecule has 0 fully saturated rings. The van der Waals surface area contributed by atoms with Crippen molar-refractivity contribution >= 4 is 11.9 Å². The van der Waals surface area contributed by atoms with Crippen LogP contribution >= 0.6 is 0 Å². The molecule has 0 aromatic heterocycles. The highest BCUT2D eigenvalue weighted by Gasteiger charge is 2.20. The summed E-state index contributed by atoms with van der Waals surface area (Å²) in [6.45, 7) is 4.96.